The molecule has 0 aromatic carbocycles. The fourth-order valence-corrected chi connectivity index (χ4v) is 2.49. The summed E-state index contributed by atoms with van der Waals surface area (Å²) in [6.45, 7) is 7.87. The molecule has 15 heavy (non-hydrogen) atoms. The van der Waals surface area contributed by atoms with Crippen LogP contribution in [-0.4, -0.2) is 11.6 Å². The van der Waals surface area contributed by atoms with Gasteiger partial charge in [-0.1, -0.05) is 26.8 Å². The Morgan fingerprint density at radius 1 is 1.40 bits per heavy atom. The summed E-state index contributed by atoms with van der Waals surface area (Å²) in [5.41, 5.74) is 0.207. The molecule has 0 spiro atoms. The highest BCUT2D eigenvalue weighted by Gasteiger charge is 2.36. The topological polar surface area (TPSA) is 34.1 Å². The van der Waals surface area contributed by atoms with E-state index in [9.17, 15) is 9.59 Å². The zero-order chi connectivity index (χ0) is 11.6. The SMILES string of the molecule is CC(=O)/C=C/[C@H]1CC(C)(C)C[C@H](C)C1=O. The maximum absolute atomic E-state index is 11.9. The van der Waals surface area contributed by atoms with Crippen LogP contribution in [0.5, 0.6) is 0 Å². The van der Waals surface area contributed by atoms with Gasteiger partial charge in [0.05, 0.1) is 0 Å². The van der Waals surface area contributed by atoms with E-state index in [0.717, 1.165) is 12.8 Å². The monoisotopic (exact) mass is 208 g/mol. The Balaban J connectivity index is 2.78. The smallest absolute Gasteiger partial charge is 0.152 e. The lowest BCUT2D eigenvalue weighted by atomic mass is 9.67. The Hall–Kier alpha value is -0.920. The van der Waals surface area contributed by atoms with Gasteiger partial charge in [-0.2, -0.15) is 0 Å². The fraction of sp³-hybridized carbons (Fsp3) is 0.692. The van der Waals surface area contributed by atoms with Gasteiger partial charge >= 0.3 is 0 Å². The van der Waals surface area contributed by atoms with E-state index in [0.29, 0.717) is 0 Å². The van der Waals surface area contributed by atoms with Crippen molar-refractivity contribution in [2.24, 2.45) is 17.3 Å². The molecule has 1 fully saturated rings. The lowest BCUT2D eigenvalue weighted by Crippen LogP contribution is -2.35. The van der Waals surface area contributed by atoms with Crippen LogP contribution >= 0.6 is 0 Å². The minimum Gasteiger partial charge on any atom is -0.299 e. The number of Topliss-reactive ketones (excluding diaryl/α,β-unsaturated/α-hetero) is 1. The fourth-order valence-electron chi connectivity index (χ4n) is 2.49. The number of hydrogen-bond donors (Lipinski definition) is 0. The number of ketones is 2. The molecule has 0 amide bonds. The van der Waals surface area contributed by atoms with Crippen LogP contribution in [0, 0.1) is 17.3 Å². The molecule has 1 aliphatic carbocycles. The van der Waals surface area contributed by atoms with Crippen molar-refractivity contribution in [2.75, 3.05) is 0 Å². The molecule has 2 heteroatoms. The van der Waals surface area contributed by atoms with E-state index in [1.54, 1.807) is 6.08 Å². The van der Waals surface area contributed by atoms with E-state index in [2.05, 4.69) is 13.8 Å². The van der Waals surface area contributed by atoms with Gasteiger partial charge in [-0.25, -0.2) is 0 Å². The summed E-state index contributed by atoms with van der Waals surface area (Å²) < 4.78 is 0. The average Bonchev–Trinajstić information content (AvgIpc) is 2.08. The van der Waals surface area contributed by atoms with E-state index in [1.165, 1.54) is 13.0 Å². The summed E-state index contributed by atoms with van der Waals surface area (Å²) in [4.78, 5) is 22.7. The minimum absolute atomic E-state index is 0.0128. The Labute approximate surface area is 91.7 Å². The number of carbonyl (C=O) groups excluding carboxylic acids is 2. The molecule has 0 saturated heterocycles. The van der Waals surface area contributed by atoms with Crippen LogP contribution in [0.25, 0.3) is 0 Å². The van der Waals surface area contributed by atoms with E-state index >= 15 is 0 Å². The van der Waals surface area contributed by atoms with Gasteiger partial charge in [-0.05, 0) is 31.3 Å². The van der Waals surface area contributed by atoms with Crippen LogP contribution in [0.15, 0.2) is 12.2 Å². The van der Waals surface area contributed by atoms with Gasteiger partial charge in [0.2, 0.25) is 0 Å². The first-order valence-corrected chi connectivity index (χ1v) is 5.54. The van der Waals surface area contributed by atoms with Crippen molar-refractivity contribution in [1.82, 2.24) is 0 Å². The summed E-state index contributed by atoms with van der Waals surface area (Å²) in [5.74, 6) is 0.355. The minimum atomic E-state index is -0.0624. The molecule has 1 saturated carbocycles. The second kappa shape index (κ2) is 4.30. The van der Waals surface area contributed by atoms with Crippen LogP contribution in [-0.2, 0) is 9.59 Å². The second-order valence-corrected chi connectivity index (χ2v) is 5.45. The Morgan fingerprint density at radius 2 is 2.00 bits per heavy atom. The normalized spacial score (nSPS) is 30.8. The van der Waals surface area contributed by atoms with Gasteiger partial charge in [0, 0.05) is 11.8 Å². The second-order valence-electron chi connectivity index (χ2n) is 5.45. The molecule has 1 rings (SSSR count). The first-order valence-electron chi connectivity index (χ1n) is 5.54. The molecule has 0 aliphatic heterocycles. The summed E-state index contributed by atoms with van der Waals surface area (Å²) in [5, 5.41) is 0. The van der Waals surface area contributed by atoms with Crippen molar-refractivity contribution >= 4 is 11.6 Å². The molecule has 0 radical (unpaired) electrons. The highest BCUT2D eigenvalue weighted by atomic mass is 16.1. The van der Waals surface area contributed by atoms with E-state index in [1.807, 2.05) is 6.92 Å². The highest BCUT2D eigenvalue weighted by Crippen LogP contribution is 2.40. The summed E-state index contributed by atoms with van der Waals surface area (Å²) in [7, 11) is 0. The van der Waals surface area contributed by atoms with Crippen molar-refractivity contribution in [1.29, 1.82) is 0 Å². The zero-order valence-electron chi connectivity index (χ0n) is 10.0. The molecule has 0 aromatic rings. The summed E-state index contributed by atoms with van der Waals surface area (Å²) >= 11 is 0. The van der Waals surface area contributed by atoms with Crippen LogP contribution in [0.4, 0.5) is 0 Å². The zero-order valence-corrected chi connectivity index (χ0v) is 10.0. The van der Waals surface area contributed by atoms with Gasteiger partial charge in [0.1, 0.15) is 5.78 Å². The lowest BCUT2D eigenvalue weighted by molar-refractivity contribution is -0.129. The van der Waals surface area contributed by atoms with Crippen LogP contribution < -0.4 is 0 Å². The van der Waals surface area contributed by atoms with Crippen molar-refractivity contribution in [3.8, 4) is 0 Å². The van der Waals surface area contributed by atoms with Gasteiger partial charge in [0.25, 0.3) is 0 Å². The number of hydrogen-bond acceptors (Lipinski definition) is 2. The molecule has 0 N–H and O–H groups in total. The van der Waals surface area contributed by atoms with Crippen LogP contribution in [0.1, 0.15) is 40.5 Å². The van der Waals surface area contributed by atoms with Crippen LogP contribution in [0.2, 0.25) is 0 Å². The number of rotatable bonds is 2. The van der Waals surface area contributed by atoms with Gasteiger partial charge in [0.15, 0.2) is 5.78 Å². The van der Waals surface area contributed by atoms with Crippen molar-refractivity contribution in [2.45, 2.75) is 40.5 Å². The molecule has 0 aromatic heterocycles. The first kappa shape index (κ1) is 12.2. The first-order chi connectivity index (χ1) is 6.82. The third kappa shape index (κ3) is 3.29. The van der Waals surface area contributed by atoms with Crippen molar-refractivity contribution in [3.05, 3.63) is 12.2 Å². The molecular weight excluding hydrogens is 188 g/mol. The molecule has 2 nitrogen and oxygen atoms in total. The molecule has 84 valence electrons. The Bertz CT molecular complexity index is 300. The molecule has 0 unspecified atom stereocenters. The maximum Gasteiger partial charge on any atom is 0.152 e. The quantitative estimate of drug-likeness (QED) is 0.654. The molecule has 2 atom stereocenters. The molecular formula is C13H20O2. The van der Waals surface area contributed by atoms with Gasteiger partial charge in [-0.3, -0.25) is 9.59 Å². The largest absolute Gasteiger partial charge is 0.299 e. The third-order valence-electron chi connectivity index (χ3n) is 3.05. The standard InChI is InChI=1S/C13H20O2/c1-9-7-13(3,4)8-11(12(9)15)6-5-10(2)14/h5-6,9,11H,7-8H2,1-4H3/b6-5+/t9-,11-/m0/s1. The Kier molecular flexibility index (Phi) is 3.48. The van der Waals surface area contributed by atoms with E-state index < -0.39 is 0 Å². The molecule has 0 bridgehead atoms. The highest BCUT2D eigenvalue weighted by molar-refractivity contribution is 5.90. The van der Waals surface area contributed by atoms with Crippen LogP contribution in [0.3, 0.4) is 0 Å². The third-order valence-corrected chi connectivity index (χ3v) is 3.05. The number of carbonyl (C=O) groups is 2. The maximum atomic E-state index is 11.9. The summed E-state index contributed by atoms with van der Waals surface area (Å²) in [6.07, 6.45) is 5.12. The van der Waals surface area contributed by atoms with Crippen molar-refractivity contribution in [3.63, 3.8) is 0 Å². The van der Waals surface area contributed by atoms with Gasteiger partial charge in [-0.15, -0.1) is 0 Å². The summed E-state index contributed by atoms with van der Waals surface area (Å²) in [6, 6.07) is 0. The predicted octanol–water partition coefficient (Wildman–Crippen LogP) is 2.77. The molecule has 1 aliphatic rings. The number of allylic oxidation sites excluding steroid dienone is 2. The Morgan fingerprint density at radius 3 is 2.53 bits per heavy atom. The van der Waals surface area contributed by atoms with E-state index in [4.69, 9.17) is 0 Å². The predicted molar refractivity (Wildman–Crippen MR) is 60.5 cm³/mol. The van der Waals surface area contributed by atoms with E-state index in [-0.39, 0.29) is 28.8 Å². The average molecular weight is 208 g/mol. The van der Waals surface area contributed by atoms with Crippen molar-refractivity contribution < 1.29 is 9.59 Å². The lowest BCUT2D eigenvalue weighted by Gasteiger charge is -2.36. The molecule has 0 heterocycles. The van der Waals surface area contributed by atoms with Gasteiger partial charge < -0.3 is 0 Å².